The number of anilines is 1. The molecule has 0 aromatic heterocycles. The van der Waals surface area contributed by atoms with Crippen LogP contribution in [0.25, 0.3) is 0 Å². The van der Waals surface area contributed by atoms with Gasteiger partial charge in [0.25, 0.3) is 0 Å². The fourth-order valence-corrected chi connectivity index (χ4v) is 2.25. The molecule has 0 fully saturated rings. The van der Waals surface area contributed by atoms with Crippen LogP contribution in [-0.2, 0) is 11.3 Å². The maximum atomic E-state index is 11.8. The van der Waals surface area contributed by atoms with E-state index in [2.05, 4.69) is 10.6 Å². The number of benzene rings is 2. The highest BCUT2D eigenvalue weighted by molar-refractivity contribution is 6.35. The molecule has 5 heteroatoms. The summed E-state index contributed by atoms with van der Waals surface area (Å²) in [6, 6.07) is 13.1. The summed E-state index contributed by atoms with van der Waals surface area (Å²) in [6.07, 6.45) is 0. The molecule has 2 aromatic rings. The lowest BCUT2D eigenvalue weighted by atomic mass is 10.1. The summed E-state index contributed by atoms with van der Waals surface area (Å²) in [5, 5.41) is 6.93. The van der Waals surface area contributed by atoms with Crippen molar-refractivity contribution < 1.29 is 4.79 Å². The van der Waals surface area contributed by atoms with E-state index in [1.807, 2.05) is 31.2 Å². The third-order valence-corrected chi connectivity index (χ3v) is 3.50. The van der Waals surface area contributed by atoms with Crippen LogP contribution in [0.3, 0.4) is 0 Å². The van der Waals surface area contributed by atoms with E-state index >= 15 is 0 Å². The molecule has 110 valence electrons. The molecule has 3 nitrogen and oxygen atoms in total. The van der Waals surface area contributed by atoms with Gasteiger partial charge in [-0.1, -0.05) is 53.0 Å². The molecule has 0 aliphatic carbocycles. The quantitative estimate of drug-likeness (QED) is 0.872. The second-order valence-electron chi connectivity index (χ2n) is 4.74. The predicted octanol–water partition coefficient (Wildman–Crippen LogP) is 4.03. The zero-order valence-electron chi connectivity index (χ0n) is 11.6. The Labute approximate surface area is 134 Å². The predicted molar refractivity (Wildman–Crippen MR) is 88.0 cm³/mol. The third kappa shape index (κ3) is 4.96. The summed E-state index contributed by atoms with van der Waals surface area (Å²) in [7, 11) is 0. The summed E-state index contributed by atoms with van der Waals surface area (Å²) in [5.74, 6) is -0.104. The molecule has 0 aliphatic rings. The fraction of sp³-hybridized carbons (Fsp3) is 0.188. The van der Waals surface area contributed by atoms with E-state index in [-0.39, 0.29) is 12.5 Å². The zero-order chi connectivity index (χ0) is 15.2. The first kappa shape index (κ1) is 15.7. The summed E-state index contributed by atoms with van der Waals surface area (Å²) < 4.78 is 0. The van der Waals surface area contributed by atoms with Gasteiger partial charge in [0.15, 0.2) is 0 Å². The van der Waals surface area contributed by atoms with Crippen molar-refractivity contribution in [3.63, 3.8) is 0 Å². The fourth-order valence-electron chi connectivity index (χ4n) is 1.89. The van der Waals surface area contributed by atoms with Crippen molar-refractivity contribution in [2.24, 2.45) is 0 Å². The Morgan fingerprint density at radius 1 is 1.14 bits per heavy atom. The largest absolute Gasteiger partial charge is 0.375 e. The van der Waals surface area contributed by atoms with Crippen molar-refractivity contribution >= 4 is 34.8 Å². The number of amides is 1. The van der Waals surface area contributed by atoms with Crippen LogP contribution in [0.1, 0.15) is 11.1 Å². The Hall–Kier alpha value is -1.71. The van der Waals surface area contributed by atoms with Crippen LogP contribution in [0.5, 0.6) is 0 Å². The van der Waals surface area contributed by atoms with Gasteiger partial charge in [0.1, 0.15) is 0 Å². The minimum absolute atomic E-state index is 0.104. The van der Waals surface area contributed by atoms with E-state index < -0.39 is 0 Å². The highest BCUT2D eigenvalue weighted by atomic mass is 35.5. The van der Waals surface area contributed by atoms with Gasteiger partial charge >= 0.3 is 0 Å². The molecule has 0 saturated carbocycles. The average Bonchev–Trinajstić information content (AvgIpc) is 2.46. The topological polar surface area (TPSA) is 41.1 Å². The lowest BCUT2D eigenvalue weighted by Gasteiger charge is -2.10. The second-order valence-corrected chi connectivity index (χ2v) is 5.59. The van der Waals surface area contributed by atoms with Crippen LogP contribution in [0.2, 0.25) is 10.0 Å². The van der Waals surface area contributed by atoms with Crippen LogP contribution in [-0.4, -0.2) is 12.5 Å². The van der Waals surface area contributed by atoms with Crippen molar-refractivity contribution in [1.82, 2.24) is 5.32 Å². The Bertz CT molecular complexity index is 644. The number of carbonyl (C=O) groups excluding carboxylic acids is 1. The molecule has 0 spiro atoms. The Morgan fingerprint density at radius 2 is 1.95 bits per heavy atom. The molecule has 1 amide bonds. The summed E-state index contributed by atoms with van der Waals surface area (Å²) in [4.78, 5) is 11.8. The third-order valence-electron chi connectivity index (χ3n) is 2.94. The monoisotopic (exact) mass is 322 g/mol. The summed E-state index contributed by atoms with van der Waals surface area (Å²) >= 11 is 11.9. The van der Waals surface area contributed by atoms with Gasteiger partial charge < -0.3 is 10.6 Å². The van der Waals surface area contributed by atoms with Crippen LogP contribution in [0.4, 0.5) is 5.69 Å². The first-order chi connectivity index (χ1) is 10.0. The summed E-state index contributed by atoms with van der Waals surface area (Å²) in [6.45, 7) is 2.67. The van der Waals surface area contributed by atoms with Crippen LogP contribution in [0, 0.1) is 6.92 Å². The second kappa shape index (κ2) is 7.34. The number of carbonyl (C=O) groups is 1. The maximum absolute atomic E-state index is 11.8. The van der Waals surface area contributed by atoms with E-state index in [0.717, 1.165) is 5.56 Å². The Morgan fingerprint density at radius 3 is 2.71 bits per heavy atom. The highest BCUT2D eigenvalue weighted by Gasteiger charge is 2.05. The maximum Gasteiger partial charge on any atom is 0.239 e. The first-order valence-electron chi connectivity index (χ1n) is 6.56. The molecule has 0 atom stereocenters. The number of halogens is 2. The Kier molecular flexibility index (Phi) is 5.48. The highest BCUT2D eigenvalue weighted by Crippen LogP contribution is 2.24. The molecule has 2 rings (SSSR count). The molecule has 2 N–H and O–H groups in total. The Balaban J connectivity index is 1.83. The molecule has 0 bridgehead atoms. The molecule has 0 aliphatic heterocycles. The van der Waals surface area contributed by atoms with Crippen molar-refractivity contribution in [3.05, 3.63) is 63.6 Å². The van der Waals surface area contributed by atoms with Gasteiger partial charge in [-0.3, -0.25) is 4.79 Å². The van der Waals surface area contributed by atoms with Gasteiger partial charge in [0.05, 0.1) is 17.3 Å². The van der Waals surface area contributed by atoms with Crippen LogP contribution in [0.15, 0.2) is 42.5 Å². The van der Waals surface area contributed by atoms with Crippen molar-refractivity contribution in [2.45, 2.75) is 13.5 Å². The van der Waals surface area contributed by atoms with Crippen LogP contribution >= 0.6 is 23.2 Å². The standard InChI is InChI=1S/C16H16Cl2N2O/c1-11-3-2-4-12(7-11)9-20-16(21)10-19-15-8-13(17)5-6-14(15)18/h2-8,19H,9-10H2,1H3,(H,20,21). The van der Waals surface area contributed by atoms with Crippen molar-refractivity contribution in [1.29, 1.82) is 0 Å². The van der Waals surface area contributed by atoms with Gasteiger partial charge in [-0.15, -0.1) is 0 Å². The minimum atomic E-state index is -0.104. The van der Waals surface area contributed by atoms with Crippen molar-refractivity contribution in [2.75, 3.05) is 11.9 Å². The van der Waals surface area contributed by atoms with E-state index in [9.17, 15) is 4.79 Å². The minimum Gasteiger partial charge on any atom is -0.375 e. The smallest absolute Gasteiger partial charge is 0.239 e. The number of rotatable bonds is 5. The molecule has 2 aromatic carbocycles. The van der Waals surface area contributed by atoms with Gasteiger partial charge in [-0.2, -0.15) is 0 Å². The van der Waals surface area contributed by atoms with Gasteiger partial charge in [-0.25, -0.2) is 0 Å². The van der Waals surface area contributed by atoms with Gasteiger partial charge in [0.2, 0.25) is 5.91 Å². The number of hydrogen-bond donors (Lipinski definition) is 2. The first-order valence-corrected chi connectivity index (χ1v) is 7.31. The lowest BCUT2D eigenvalue weighted by Crippen LogP contribution is -2.29. The number of hydrogen-bond acceptors (Lipinski definition) is 2. The summed E-state index contributed by atoms with van der Waals surface area (Å²) in [5.41, 5.74) is 2.89. The molecular weight excluding hydrogens is 307 g/mol. The molecule has 21 heavy (non-hydrogen) atoms. The van der Waals surface area contributed by atoms with Crippen LogP contribution < -0.4 is 10.6 Å². The van der Waals surface area contributed by atoms with Gasteiger partial charge in [-0.05, 0) is 30.7 Å². The number of aryl methyl sites for hydroxylation is 1. The van der Waals surface area contributed by atoms with Gasteiger partial charge in [0, 0.05) is 11.6 Å². The van der Waals surface area contributed by atoms with E-state index in [1.165, 1.54) is 5.56 Å². The average molecular weight is 323 g/mol. The normalized spacial score (nSPS) is 10.2. The van der Waals surface area contributed by atoms with E-state index in [1.54, 1.807) is 18.2 Å². The van der Waals surface area contributed by atoms with Crippen molar-refractivity contribution in [3.8, 4) is 0 Å². The molecular formula is C16H16Cl2N2O. The number of nitrogens with one attached hydrogen (secondary N) is 2. The molecule has 0 radical (unpaired) electrons. The zero-order valence-corrected chi connectivity index (χ0v) is 13.1. The molecule has 0 saturated heterocycles. The molecule has 0 unspecified atom stereocenters. The van der Waals surface area contributed by atoms with E-state index in [0.29, 0.717) is 22.3 Å². The van der Waals surface area contributed by atoms with E-state index in [4.69, 9.17) is 23.2 Å². The SMILES string of the molecule is Cc1cccc(CNC(=O)CNc2cc(Cl)ccc2Cl)c1. The lowest BCUT2D eigenvalue weighted by molar-refractivity contribution is -0.119. The molecule has 0 heterocycles.